The van der Waals surface area contributed by atoms with Gasteiger partial charge >= 0.3 is 0 Å². The van der Waals surface area contributed by atoms with Crippen molar-refractivity contribution < 1.29 is 8.42 Å². The Bertz CT molecular complexity index is 553. The molecule has 1 atom stereocenters. The van der Waals surface area contributed by atoms with Crippen molar-refractivity contribution in [3.8, 4) is 0 Å². The maximum atomic E-state index is 11.0. The molecule has 1 saturated heterocycles. The molecule has 6 nitrogen and oxygen atoms in total. The summed E-state index contributed by atoms with van der Waals surface area (Å²) in [6, 6.07) is 2.54. The molecule has 2 rings (SSSR count). The van der Waals surface area contributed by atoms with Gasteiger partial charge in [0.1, 0.15) is 0 Å². The van der Waals surface area contributed by atoms with E-state index >= 15 is 0 Å². The summed E-state index contributed by atoms with van der Waals surface area (Å²) in [4.78, 5) is 2.36. The fourth-order valence-corrected chi connectivity index (χ4v) is 3.46. The van der Waals surface area contributed by atoms with Crippen molar-refractivity contribution in [3.63, 3.8) is 0 Å². The number of nitrogens with two attached hydrogens (primary N) is 1. The van der Waals surface area contributed by atoms with Gasteiger partial charge in [-0.05, 0) is 52.3 Å². The second-order valence-electron chi connectivity index (χ2n) is 5.66. The molecule has 0 radical (unpaired) electrons. The lowest BCUT2D eigenvalue weighted by molar-refractivity contribution is 0.226. The molecule has 2 N–H and O–H groups in total. The van der Waals surface area contributed by atoms with E-state index in [9.17, 15) is 8.42 Å². The molecule has 2 heterocycles. The molecule has 20 heavy (non-hydrogen) atoms. The zero-order valence-corrected chi connectivity index (χ0v) is 13.1. The van der Waals surface area contributed by atoms with Gasteiger partial charge in [0.05, 0.1) is 18.0 Å². The van der Waals surface area contributed by atoms with Crippen molar-refractivity contribution in [1.29, 1.82) is 0 Å². The fourth-order valence-electron chi connectivity index (χ4n) is 2.92. The number of primary sulfonamides is 1. The van der Waals surface area contributed by atoms with Gasteiger partial charge in [-0.3, -0.25) is 9.58 Å². The third-order valence-electron chi connectivity index (χ3n) is 3.86. The lowest BCUT2D eigenvalue weighted by Crippen LogP contribution is -2.35. The molecule has 1 aromatic heterocycles. The van der Waals surface area contributed by atoms with E-state index in [1.165, 1.54) is 12.1 Å². The van der Waals surface area contributed by atoms with E-state index in [1.54, 1.807) is 0 Å². The monoisotopic (exact) mass is 300 g/mol. The Kier molecular flexibility index (Phi) is 4.82. The Morgan fingerprint density at radius 3 is 2.80 bits per heavy atom. The number of rotatable bonds is 6. The third kappa shape index (κ3) is 4.29. The quantitative estimate of drug-likeness (QED) is 0.836. The van der Waals surface area contributed by atoms with Crippen LogP contribution in [0.5, 0.6) is 0 Å². The highest BCUT2D eigenvalue weighted by Gasteiger charge is 2.25. The molecule has 0 saturated carbocycles. The summed E-state index contributed by atoms with van der Waals surface area (Å²) in [7, 11) is -3.34. The second-order valence-corrected chi connectivity index (χ2v) is 7.40. The van der Waals surface area contributed by atoms with Gasteiger partial charge in [0.2, 0.25) is 10.0 Å². The van der Waals surface area contributed by atoms with Gasteiger partial charge in [-0.2, -0.15) is 5.10 Å². The lowest BCUT2D eigenvalue weighted by atomic mass is 10.2. The summed E-state index contributed by atoms with van der Waals surface area (Å²) >= 11 is 0. The Morgan fingerprint density at radius 1 is 1.45 bits per heavy atom. The molecule has 0 aliphatic carbocycles. The lowest BCUT2D eigenvalue weighted by Gasteiger charge is -2.24. The molecule has 1 aromatic rings. The van der Waals surface area contributed by atoms with Crippen LogP contribution in [0.2, 0.25) is 0 Å². The predicted molar refractivity (Wildman–Crippen MR) is 78.9 cm³/mol. The average molecular weight is 300 g/mol. The molecule has 0 bridgehead atoms. The van der Waals surface area contributed by atoms with Crippen molar-refractivity contribution in [2.24, 2.45) is 5.14 Å². The van der Waals surface area contributed by atoms with E-state index in [4.69, 9.17) is 5.14 Å². The highest BCUT2D eigenvalue weighted by atomic mass is 32.2. The average Bonchev–Trinajstić information content (AvgIpc) is 2.86. The van der Waals surface area contributed by atoms with Crippen LogP contribution in [-0.4, -0.2) is 48.0 Å². The van der Waals surface area contributed by atoms with Crippen molar-refractivity contribution >= 4 is 10.0 Å². The first-order valence-electron chi connectivity index (χ1n) is 7.11. The highest BCUT2D eigenvalue weighted by molar-refractivity contribution is 7.89. The van der Waals surface area contributed by atoms with Gasteiger partial charge in [-0.1, -0.05) is 0 Å². The van der Waals surface area contributed by atoms with Crippen molar-refractivity contribution in [2.75, 3.05) is 18.8 Å². The Hall–Kier alpha value is -0.920. The number of hydrogen-bond acceptors (Lipinski definition) is 4. The van der Waals surface area contributed by atoms with Gasteiger partial charge in [0, 0.05) is 11.7 Å². The second kappa shape index (κ2) is 6.24. The summed E-state index contributed by atoms with van der Waals surface area (Å²) in [6.45, 7) is 6.78. The number of nitrogens with zero attached hydrogens (tertiary/aromatic N) is 3. The number of hydrogen-bond donors (Lipinski definition) is 1. The van der Waals surface area contributed by atoms with Crippen LogP contribution in [-0.2, 0) is 16.6 Å². The SMILES string of the molecule is Cc1cc(C)n(C[C@@H]2CCCN2CCCS(N)(=O)=O)n1. The van der Waals surface area contributed by atoms with Gasteiger partial charge in [-0.15, -0.1) is 0 Å². The molecule has 1 aliphatic rings. The van der Waals surface area contributed by atoms with Crippen LogP contribution in [0.1, 0.15) is 30.7 Å². The molecule has 0 amide bonds. The van der Waals surface area contributed by atoms with E-state index in [0.29, 0.717) is 12.5 Å². The van der Waals surface area contributed by atoms with Crippen LogP contribution in [0.15, 0.2) is 6.07 Å². The number of sulfonamides is 1. The van der Waals surface area contributed by atoms with Crippen molar-refractivity contribution in [2.45, 2.75) is 45.7 Å². The largest absolute Gasteiger partial charge is 0.299 e. The topological polar surface area (TPSA) is 81.2 Å². The first kappa shape index (κ1) is 15.5. The standard InChI is InChI=1S/C13H24N4O2S/c1-11-9-12(2)17(15-11)10-13-5-3-6-16(13)7-4-8-20(14,18)19/h9,13H,3-8,10H2,1-2H3,(H2,14,18,19)/t13-/m0/s1. The van der Waals surface area contributed by atoms with E-state index in [2.05, 4.69) is 27.7 Å². The van der Waals surface area contributed by atoms with Crippen molar-refractivity contribution in [1.82, 2.24) is 14.7 Å². The molecular weight excluding hydrogens is 276 g/mol. The van der Waals surface area contributed by atoms with E-state index in [-0.39, 0.29) is 5.75 Å². The Balaban J connectivity index is 1.89. The van der Waals surface area contributed by atoms with Gasteiger partial charge in [0.15, 0.2) is 0 Å². The molecule has 0 unspecified atom stereocenters. The maximum Gasteiger partial charge on any atom is 0.209 e. The minimum absolute atomic E-state index is 0.0656. The minimum atomic E-state index is -3.34. The summed E-state index contributed by atoms with van der Waals surface area (Å²) in [5.74, 6) is 0.0656. The minimum Gasteiger partial charge on any atom is -0.299 e. The van der Waals surface area contributed by atoms with Gasteiger partial charge in [0.25, 0.3) is 0 Å². The van der Waals surface area contributed by atoms with E-state index < -0.39 is 10.0 Å². The summed E-state index contributed by atoms with van der Waals surface area (Å²) < 4.78 is 24.0. The molecule has 1 fully saturated rings. The summed E-state index contributed by atoms with van der Waals surface area (Å²) in [5.41, 5.74) is 2.22. The number of likely N-dealkylation sites (tertiary alicyclic amines) is 1. The Morgan fingerprint density at radius 2 is 2.20 bits per heavy atom. The van der Waals surface area contributed by atoms with Gasteiger partial charge in [-0.25, -0.2) is 13.6 Å². The molecule has 0 spiro atoms. The first-order valence-corrected chi connectivity index (χ1v) is 8.82. The van der Waals surface area contributed by atoms with E-state index in [0.717, 1.165) is 31.7 Å². The number of aryl methyl sites for hydroxylation is 2. The van der Waals surface area contributed by atoms with Crippen LogP contribution in [0.25, 0.3) is 0 Å². The molecule has 114 valence electrons. The highest BCUT2D eigenvalue weighted by Crippen LogP contribution is 2.19. The Labute approximate surface area is 121 Å². The first-order chi connectivity index (χ1) is 9.35. The summed E-state index contributed by atoms with van der Waals surface area (Å²) in [5, 5.41) is 9.54. The normalized spacial score (nSPS) is 20.6. The van der Waals surface area contributed by atoms with Gasteiger partial charge < -0.3 is 0 Å². The molecular formula is C13H24N4O2S. The smallest absolute Gasteiger partial charge is 0.209 e. The van der Waals surface area contributed by atoms with E-state index in [1.807, 2.05) is 6.92 Å². The van der Waals surface area contributed by atoms with Crippen LogP contribution in [0.4, 0.5) is 0 Å². The van der Waals surface area contributed by atoms with Crippen LogP contribution in [0.3, 0.4) is 0 Å². The fraction of sp³-hybridized carbons (Fsp3) is 0.769. The van der Waals surface area contributed by atoms with Crippen LogP contribution in [0, 0.1) is 13.8 Å². The third-order valence-corrected chi connectivity index (χ3v) is 4.72. The molecule has 7 heteroatoms. The molecule has 1 aliphatic heterocycles. The summed E-state index contributed by atoms with van der Waals surface area (Å²) in [6.07, 6.45) is 2.92. The molecule has 0 aromatic carbocycles. The van der Waals surface area contributed by atoms with Crippen LogP contribution < -0.4 is 5.14 Å². The van der Waals surface area contributed by atoms with Crippen LogP contribution >= 0.6 is 0 Å². The predicted octanol–water partition coefficient (Wildman–Crippen LogP) is 0.643. The zero-order valence-electron chi connectivity index (χ0n) is 12.2. The zero-order chi connectivity index (χ0) is 14.8. The maximum absolute atomic E-state index is 11.0. The van der Waals surface area contributed by atoms with Crippen molar-refractivity contribution in [3.05, 3.63) is 17.5 Å². The number of aromatic nitrogens is 2.